The van der Waals surface area contributed by atoms with Gasteiger partial charge in [-0.2, -0.15) is 0 Å². The van der Waals surface area contributed by atoms with Crippen LogP contribution in [-0.2, 0) is 6.54 Å². The van der Waals surface area contributed by atoms with E-state index in [1.165, 1.54) is 0 Å². The van der Waals surface area contributed by atoms with Crippen LogP contribution in [0.4, 0.5) is 0 Å². The standard InChI is InChI=1S/C14H24BrN3O/c1-5-18-9-11(15)8-13(18)14(19)17(4)7-6-12(16)10(2)3/h8-10,12H,5-7,16H2,1-4H3. The van der Waals surface area contributed by atoms with Crippen molar-refractivity contribution in [2.45, 2.75) is 39.8 Å². The van der Waals surface area contributed by atoms with E-state index in [2.05, 4.69) is 29.8 Å². The first-order valence-electron chi connectivity index (χ1n) is 6.73. The zero-order chi connectivity index (χ0) is 14.6. The highest BCUT2D eigenvalue weighted by Crippen LogP contribution is 2.16. The molecular formula is C14H24BrN3O. The second kappa shape index (κ2) is 7.10. The van der Waals surface area contributed by atoms with Gasteiger partial charge in [0.1, 0.15) is 5.69 Å². The number of carbonyl (C=O) groups is 1. The normalized spacial score (nSPS) is 12.8. The second-order valence-corrected chi connectivity index (χ2v) is 6.17. The van der Waals surface area contributed by atoms with Crippen LogP contribution in [0.3, 0.4) is 0 Å². The van der Waals surface area contributed by atoms with Crippen molar-refractivity contribution in [3.63, 3.8) is 0 Å². The number of nitrogens with two attached hydrogens (primary N) is 1. The van der Waals surface area contributed by atoms with E-state index >= 15 is 0 Å². The summed E-state index contributed by atoms with van der Waals surface area (Å²) in [6, 6.07) is 2.00. The molecule has 5 heteroatoms. The van der Waals surface area contributed by atoms with Gasteiger partial charge in [-0.1, -0.05) is 13.8 Å². The fourth-order valence-electron chi connectivity index (χ4n) is 1.89. The summed E-state index contributed by atoms with van der Waals surface area (Å²) in [7, 11) is 1.83. The summed E-state index contributed by atoms with van der Waals surface area (Å²) >= 11 is 3.41. The molecule has 0 spiro atoms. The molecule has 0 aliphatic rings. The summed E-state index contributed by atoms with van der Waals surface area (Å²) in [4.78, 5) is 14.1. The van der Waals surface area contributed by atoms with Gasteiger partial charge in [0.15, 0.2) is 0 Å². The van der Waals surface area contributed by atoms with Crippen molar-refractivity contribution in [2.24, 2.45) is 11.7 Å². The van der Waals surface area contributed by atoms with Crippen molar-refractivity contribution in [2.75, 3.05) is 13.6 Å². The lowest BCUT2D eigenvalue weighted by Gasteiger charge is -2.22. The molecule has 1 heterocycles. The molecule has 0 aliphatic carbocycles. The largest absolute Gasteiger partial charge is 0.343 e. The first-order valence-corrected chi connectivity index (χ1v) is 7.52. The zero-order valence-corrected chi connectivity index (χ0v) is 13.8. The number of amides is 1. The fraction of sp³-hybridized carbons (Fsp3) is 0.643. The fourth-order valence-corrected chi connectivity index (χ4v) is 2.35. The predicted molar refractivity (Wildman–Crippen MR) is 82.2 cm³/mol. The van der Waals surface area contributed by atoms with Crippen LogP contribution >= 0.6 is 15.9 Å². The molecule has 1 amide bonds. The minimum Gasteiger partial charge on any atom is -0.343 e. The number of halogens is 1. The highest BCUT2D eigenvalue weighted by Gasteiger charge is 2.17. The number of hydrogen-bond donors (Lipinski definition) is 1. The van der Waals surface area contributed by atoms with Crippen LogP contribution in [-0.4, -0.2) is 35.0 Å². The number of hydrogen-bond acceptors (Lipinski definition) is 2. The Balaban J connectivity index is 2.66. The van der Waals surface area contributed by atoms with E-state index < -0.39 is 0 Å². The lowest BCUT2D eigenvalue weighted by atomic mass is 10.0. The number of nitrogens with zero attached hydrogens (tertiary/aromatic N) is 2. The Morgan fingerprint density at radius 3 is 2.68 bits per heavy atom. The first-order chi connectivity index (χ1) is 8.86. The van der Waals surface area contributed by atoms with Gasteiger partial charge in [-0.15, -0.1) is 0 Å². The zero-order valence-electron chi connectivity index (χ0n) is 12.2. The number of aromatic nitrogens is 1. The summed E-state index contributed by atoms with van der Waals surface area (Å²) in [5, 5.41) is 0. The Hall–Kier alpha value is -0.810. The quantitative estimate of drug-likeness (QED) is 0.872. The van der Waals surface area contributed by atoms with E-state index in [0.29, 0.717) is 12.5 Å². The average molecular weight is 330 g/mol. The molecule has 108 valence electrons. The molecule has 0 fully saturated rings. The summed E-state index contributed by atoms with van der Waals surface area (Å²) in [5.74, 6) is 0.487. The van der Waals surface area contributed by atoms with Gasteiger partial charge in [-0.05, 0) is 41.3 Å². The second-order valence-electron chi connectivity index (χ2n) is 5.25. The lowest BCUT2D eigenvalue weighted by Crippen LogP contribution is -2.35. The molecule has 1 aromatic rings. The van der Waals surface area contributed by atoms with Crippen LogP contribution in [0.2, 0.25) is 0 Å². The molecule has 0 radical (unpaired) electrons. The third-order valence-electron chi connectivity index (χ3n) is 3.42. The molecule has 0 bridgehead atoms. The molecule has 0 aromatic carbocycles. The van der Waals surface area contributed by atoms with Gasteiger partial charge in [0.05, 0.1) is 0 Å². The molecule has 0 saturated heterocycles. The lowest BCUT2D eigenvalue weighted by molar-refractivity contribution is 0.0778. The maximum Gasteiger partial charge on any atom is 0.270 e. The molecule has 1 rings (SSSR count). The third-order valence-corrected chi connectivity index (χ3v) is 3.86. The molecule has 0 saturated carbocycles. The molecule has 1 unspecified atom stereocenters. The van der Waals surface area contributed by atoms with E-state index in [9.17, 15) is 4.79 Å². The van der Waals surface area contributed by atoms with Crippen LogP contribution < -0.4 is 5.73 Å². The van der Waals surface area contributed by atoms with E-state index in [4.69, 9.17) is 5.73 Å². The Morgan fingerprint density at radius 1 is 1.53 bits per heavy atom. The first kappa shape index (κ1) is 16.2. The molecular weight excluding hydrogens is 306 g/mol. The highest BCUT2D eigenvalue weighted by atomic mass is 79.9. The number of aryl methyl sites for hydroxylation is 1. The van der Waals surface area contributed by atoms with Gasteiger partial charge in [0.25, 0.3) is 5.91 Å². The van der Waals surface area contributed by atoms with Gasteiger partial charge in [0.2, 0.25) is 0 Å². The summed E-state index contributed by atoms with van der Waals surface area (Å²) < 4.78 is 2.88. The maximum atomic E-state index is 12.4. The highest BCUT2D eigenvalue weighted by molar-refractivity contribution is 9.10. The predicted octanol–water partition coefficient (Wildman–Crippen LogP) is 2.72. The van der Waals surface area contributed by atoms with Crippen molar-refractivity contribution >= 4 is 21.8 Å². The molecule has 0 aliphatic heterocycles. The average Bonchev–Trinajstić information content (AvgIpc) is 2.75. The van der Waals surface area contributed by atoms with Crippen LogP contribution in [0.15, 0.2) is 16.7 Å². The minimum atomic E-state index is 0.0449. The molecule has 1 atom stereocenters. The van der Waals surface area contributed by atoms with Gasteiger partial charge in [0, 0.05) is 36.8 Å². The van der Waals surface area contributed by atoms with Gasteiger partial charge < -0.3 is 15.2 Å². The van der Waals surface area contributed by atoms with Crippen molar-refractivity contribution in [1.29, 1.82) is 0 Å². The summed E-state index contributed by atoms with van der Waals surface area (Å²) in [5.41, 5.74) is 6.73. The summed E-state index contributed by atoms with van der Waals surface area (Å²) in [6.07, 6.45) is 2.76. The van der Waals surface area contributed by atoms with Gasteiger partial charge in [-0.3, -0.25) is 4.79 Å². The Kier molecular flexibility index (Phi) is 6.07. The molecule has 2 N–H and O–H groups in total. The Bertz CT molecular complexity index is 428. The van der Waals surface area contributed by atoms with Crippen LogP contribution in [0.5, 0.6) is 0 Å². The Labute approximate surface area is 124 Å². The monoisotopic (exact) mass is 329 g/mol. The smallest absolute Gasteiger partial charge is 0.270 e. The van der Waals surface area contributed by atoms with Crippen molar-refractivity contribution in [3.8, 4) is 0 Å². The van der Waals surface area contributed by atoms with Crippen LogP contribution in [0.1, 0.15) is 37.7 Å². The van der Waals surface area contributed by atoms with Crippen molar-refractivity contribution in [3.05, 3.63) is 22.4 Å². The summed E-state index contributed by atoms with van der Waals surface area (Å²) in [6.45, 7) is 7.70. The van der Waals surface area contributed by atoms with Crippen molar-refractivity contribution in [1.82, 2.24) is 9.47 Å². The minimum absolute atomic E-state index is 0.0449. The molecule has 1 aromatic heterocycles. The molecule has 19 heavy (non-hydrogen) atoms. The topological polar surface area (TPSA) is 51.3 Å². The van der Waals surface area contributed by atoms with Crippen molar-refractivity contribution < 1.29 is 4.79 Å². The maximum absolute atomic E-state index is 12.4. The third kappa shape index (κ3) is 4.35. The SMILES string of the molecule is CCn1cc(Br)cc1C(=O)N(C)CCC(N)C(C)C. The van der Waals surface area contributed by atoms with E-state index in [-0.39, 0.29) is 11.9 Å². The Morgan fingerprint density at radius 2 is 2.16 bits per heavy atom. The number of carbonyl (C=O) groups excluding carboxylic acids is 1. The van der Waals surface area contributed by atoms with Crippen LogP contribution in [0, 0.1) is 5.92 Å². The van der Waals surface area contributed by atoms with E-state index in [1.54, 1.807) is 4.90 Å². The number of rotatable bonds is 6. The van der Waals surface area contributed by atoms with Crippen LogP contribution in [0.25, 0.3) is 0 Å². The van der Waals surface area contributed by atoms with Gasteiger partial charge in [-0.25, -0.2) is 0 Å². The molecule has 4 nitrogen and oxygen atoms in total. The van der Waals surface area contributed by atoms with Gasteiger partial charge >= 0.3 is 0 Å². The van der Waals surface area contributed by atoms with E-state index in [0.717, 1.165) is 23.1 Å². The van der Waals surface area contributed by atoms with E-state index in [1.807, 2.05) is 30.8 Å².